The Hall–Kier alpha value is -1.97. The number of oxazole rings is 1. The van der Waals surface area contributed by atoms with Gasteiger partial charge in [-0.2, -0.15) is 0 Å². The van der Waals surface area contributed by atoms with Gasteiger partial charge in [-0.15, -0.1) is 0 Å². The molecule has 2 N–H and O–H groups in total. The molecule has 1 atom stereocenters. The van der Waals surface area contributed by atoms with Crippen LogP contribution in [0.1, 0.15) is 52.0 Å². The molecule has 0 saturated carbocycles. The maximum absolute atomic E-state index is 10.2. The van der Waals surface area contributed by atoms with Crippen LogP contribution in [0.2, 0.25) is 0 Å². The molecule has 0 fully saturated rings. The first kappa shape index (κ1) is 17.4. The minimum absolute atomic E-state index is 0.116. The van der Waals surface area contributed by atoms with E-state index in [1.807, 2.05) is 0 Å². The maximum atomic E-state index is 10.2. The number of phenolic OH excluding ortho intramolecular Hbond substituents is 2. The van der Waals surface area contributed by atoms with E-state index in [2.05, 4.69) is 25.8 Å². The first-order valence-corrected chi connectivity index (χ1v) is 8.41. The summed E-state index contributed by atoms with van der Waals surface area (Å²) in [7, 11) is 0. The van der Waals surface area contributed by atoms with Crippen molar-refractivity contribution in [1.29, 1.82) is 0 Å². The van der Waals surface area contributed by atoms with Crippen LogP contribution in [0.15, 0.2) is 29.1 Å². The van der Waals surface area contributed by atoms with Gasteiger partial charge >= 0.3 is 0 Å². The van der Waals surface area contributed by atoms with Crippen LogP contribution in [0.4, 0.5) is 0 Å². The minimum Gasteiger partial charge on any atom is -0.508 e. The SMILES string of the molecule is CC(C)CCCC(C)CCc1c(O)cc(-c2cnco2)cc1O. The van der Waals surface area contributed by atoms with Crippen molar-refractivity contribution < 1.29 is 14.6 Å². The van der Waals surface area contributed by atoms with E-state index in [0.29, 0.717) is 29.2 Å². The lowest BCUT2D eigenvalue weighted by Gasteiger charge is -2.14. The molecule has 126 valence electrons. The van der Waals surface area contributed by atoms with E-state index in [0.717, 1.165) is 12.3 Å². The summed E-state index contributed by atoms with van der Waals surface area (Å²) in [5.74, 6) is 2.10. The molecule has 0 aliphatic rings. The Kier molecular flexibility index (Phi) is 6.08. The second kappa shape index (κ2) is 8.04. The van der Waals surface area contributed by atoms with Crippen LogP contribution in [0, 0.1) is 11.8 Å². The highest BCUT2D eigenvalue weighted by atomic mass is 16.3. The lowest BCUT2D eigenvalue weighted by atomic mass is 9.93. The second-order valence-corrected chi connectivity index (χ2v) is 6.83. The van der Waals surface area contributed by atoms with Crippen molar-refractivity contribution in [1.82, 2.24) is 4.98 Å². The number of aromatic nitrogens is 1. The molecule has 0 bridgehead atoms. The molecule has 4 heteroatoms. The highest BCUT2D eigenvalue weighted by Gasteiger charge is 2.14. The van der Waals surface area contributed by atoms with Gasteiger partial charge < -0.3 is 14.6 Å². The van der Waals surface area contributed by atoms with Crippen molar-refractivity contribution in [3.8, 4) is 22.8 Å². The van der Waals surface area contributed by atoms with Crippen LogP contribution < -0.4 is 0 Å². The predicted octanol–water partition coefficient (Wildman–Crippen LogP) is 5.15. The van der Waals surface area contributed by atoms with Gasteiger partial charge in [-0.1, -0.05) is 40.0 Å². The topological polar surface area (TPSA) is 66.5 Å². The molecule has 0 radical (unpaired) electrons. The van der Waals surface area contributed by atoms with Crippen molar-refractivity contribution in [2.45, 2.75) is 52.9 Å². The Bertz CT molecular complexity index is 582. The van der Waals surface area contributed by atoms with Crippen LogP contribution in [-0.2, 0) is 6.42 Å². The first-order chi connectivity index (χ1) is 11.0. The van der Waals surface area contributed by atoms with E-state index in [1.54, 1.807) is 18.3 Å². The summed E-state index contributed by atoms with van der Waals surface area (Å²) in [5.41, 5.74) is 1.25. The minimum atomic E-state index is 0.116. The zero-order valence-corrected chi connectivity index (χ0v) is 14.2. The third-order valence-corrected chi connectivity index (χ3v) is 4.29. The predicted molar refractivity (Wildman–Crippen MR) is 91.4 cm³/mol. The Balaban J connectivity index is 1.95. The molecule has 0 aliphatic carbocycles. The average Bonchev–Trinajstić information content (AvgIpc) is 3.00. The van der Waals surface area contributed by atoms with Gasteiger partial charge in [-0.05, 0) is 36.8 Å². The fraction of sp³-hybridized carbons (Fsp3) is 0.526. The van der Waals surface area contributed by atoms with E-state index in [1.165, 1.54) is 25.7 Å². The Morgan fingerprint density at radius 1 is 1.04 bits per heavy atom. The van der Waals surface area contributed by atoms with Gasteiger partial charge in [0.2, 0.25) is 0 Å². The smallest absolute Gasteiger partial charge is 0.181 e. The van der Waals surface area contributed by atoms with E-state index < -0.39 is 0 Å². The zero-order chi connectivity index (χ0) is 16.8. The molecule has 1 aromatic heterocycles. The lowest BCUT2D eigenvalue weighted by molar-refractivity contribution is 0.414. The van der Waals surface area contributed by atoms with Gasteiger partial charge in [0.1, 0.15) is 11.5 Å². The normalized spacial score (nSPS) is 12.7. The van der Waals surface area contributed by atoms with Crippen LogP contribution in [0.5, 0.6) is 11.5 Å². The number of hydrogen-bond donors (Lipinski definition) is 2. The van der Waals surface area contributed by atoms with E-state index in [9.17, 15) is 10.2 Å². The van der Waals surface area contributed by atoms with Gasteiger partial charge in [0.25, 0.3) is 0 Å². The summed E-state index contributed by atoms with van der Waals surface area (Å²) in [4.78, 5) is 3.85. The lowest BCUT2D eigenvalue weighted by Crippen LogP contribution is -1.99. The summed E-state index contributed by atoms with van der Waals surface area (Å²) in [6.07, 6.45) is 8.21. The molecule has 2 aromatic rings. The van der Waals surface area contributed by atoms with Gasteiger partial charge in [0.05, 0.1) is 6.20 Å². The molecule has 1 aromatic carbocycles. The molecular weight excluding hydrogens is 290 g/mol. The van der Waals surface area contributed by atoms with Crippen LogP contribution >= 0.6 is 0 Å². The molecule has 4 nitrogen and oxygen atoms in total. The van der Waals surface area contributed by atoms with E-state index >= 15 is 0 Å². The molecule has 0 spiro atoms. The van der Waals surface area contributed by atoms with E-state index in [4.69, 9.17) is 4.42 Å². The second-order valence-electron chi connectivity index (χ2n) is 6.83. The zero-order valence-electron chi connectivity index (χ0n) is 14.2. The van der Waals surface area contributed by atoms with Crippen LogP contribution in [-0.4, -0.2) is 15.2 Å². The monoisotopic (exact) mass is 317 g/mol. The third-order valence-electron chi connectivity index (χ3n) is 4.29. The van der Waals surface area contributed by atoms with Crippen LogP contribution in [0.25, 0.3) is 11.3 Å². The van der Waals surface area contributed by atoms with E-state index in [-0.39, 0.29) is 11.5 Å². The van der Waals surface area contributed by atoms with Crippen molar-refractivity contribution in [2.24, 2.45) is 11.8 Å². The number of benzene rings is 1. The first-order valence-electron chi connectivity index (χ1n) is 8.41. The van der Waals surface area contributed by atoms with Crippen molar-refractivity contribution in [2.75, 3.05) is 0 Å². The van der Waals surface area contributed by atoms with Gasteiger partial charge in [0, 0.05) is 11.1 Å². The molecule has 0 amide bonds. The highest BCUT2D eigenvalue weighted by Crippen LogP contribution is 2.35. The van der Waals surface area contributed by atoms with Gasteiger partial charge in [0.15, 0.2) is 12.2 Å². The van der Waals surface area contributed by atoms with Gasteiger partial charge in [-0.3, -0.25) is 0 Å². The summed E-state index contributed by atoms with van der Waals surface area (Å²) < 4.78 is 5.20. The molecule has 0 saturated heterocycles. The molecule has 23 heavy (non-hydrogen) atoms. The molecular formula is C19H27NO3. The summed E-state index contributed by atoms with van der Waals surface area (Å²) in [5, 5.41) is 20.4. The largest absolute Gasteiger partial charge is 0.508 e. The van der Waals surface area contributed by atoms with Crippen molar-refractivity contribution in [3.63, 3.8) is 0 Å². The summed E-state index contributed by atoms with van der Waals surface area (Å²) in [6.45, 7) is 6.73. The molecule has 2 rings (SSSR count). The highest BCUT2D eigenvalue weighted by molar-refractivity contribution is 5.64. The van der Waals surface area contributed by atoms with Crippen molar-refractivity contribution in [3.05, 3.63) is 30.3 Å². The Labute approximate surface area is 138 Å². The van der Waals surface area contributed by atoms with Crippen molar-refractivity contribution >= 4 is 0 Å². The standard InChI is InChI=1S/C19H27NO3/c1-13(2)5-4-6-14(3)7-8-16-17(21)9-15(10-18(16)22)19-11-20-12-23-19/h9-14,21-22H,4-8H2,1-3H3. The Morgan fingerprint density at radius 3 is 2.30 bits per heavy atom. The fourth-order valence-electron chi connectivity index (χ4n) is 2.81. The number of rotatable bonds is 8. The third kappa shape index (κ3) is 5.02. The van der Waals surface area contributed by atoms with Gasteiger partial charge in [-0.25, -0.2) is 4.98 Å². The maximum Gasteiger partial charge on any atom is 0.181 e. The quantitative estimate of drug-likeness (QED) is 0.706. The molecule has 1 heterocycles. The number of phenols is 2. The summed E-state index contributed by atoms with van der Waals surface area (Å²) in [6, 6.07) is 3.25. The number of nitrogens with zero attached hydrogens (tertiary/aromatic N) is 1. The van der Waals surface area contributed by atoms with Crippen LogP contribution in [0.3, 0.4) is 0 Å². The summed E-state index contributed by atoms with van der Waals surface area (Å²) >= 11 is 0. The molecule has 1 unspecified atom stereocenters. The number of hydrogen-bond acceptors (Lipinski definition) is 4. The Morgan fingerprint density at radius 2 is 1.74 bits per heavy atom. The molecule has 0 aliphatic heterocycles. The fourth-order valence-corrected chi connectivity index (χ4v) is 2.81. The number of aromatic hydroxyl groups is 2. The average molecular weight is 317 g/mol.